The zero-order chi connectivity index (χ0) is 21.2. The minimum Gasteiger partial charge on any atom is -0.336 e. The zero-order valence-electron chi connectivity index (χ0n) is 16.3. The molecule has 3 rings (SSSR count). The number of benzene rings is 2. The van der Waals surface area contributed by atoms with Crippen molar-refractivity contribution in [2.24, 2.45) is 0 Å². The molecule has 0 N–H and O–H groups in total. The molecule has 0 aliphatic carbocycles. The highest BCUT2D eigenvalue weighted by Crippen LogP contribution is 2.29. The summed E-state index contributed by atoms with van der Waals surface area (Å²) in [4.78, 5) is 16.7. The third-order valence-corrected chi connectivity index (χ3v) is 6.81. The molecule has 0 saturated carbocycles. The van der Waals surface area contributed by atoms with Gasteiger partial charge in [-0.25, -0.2) is 8.42 Å². The highest BCUT2D eigenvalue weighted by molar-refractivity contribution is 7.92. The normalized spacial score (nSPS) is 15.4. The predicted octanol–water partition coefficient (Wildman–Crippen LogP) is 3.35. The average molecular weight is 456 g/mol. The summed E-state index contributed by atoms with van der Waals surface area (Å²) < 4.78 is 26.1. The second-order valence-corrected chi connectivity index (χ2v) is 9.83. The van der Waals surface area contributed by atoms with Crippen LogP contribution in [0, 0.1) is 0 Å². The summed E-state index contributed by atoms with van der Waals surface area (Å²) in [6.07, 6.45) is 1.13. The number of amides is 1. The molecule has 0 atom stereocenters. The van der Waals surface area contributed by atoms with Crippen LogP contribution in [-0.2, 0) is 16.6 Å². The molecule has 2 aromatic rings. The molecular weight excluding hydrogens is 433 g/mol. The predicted molar refractivity (Wildman–Crippen MR) is 117 cm³/mol. The molecule has 0 spiro atoms. The van der Waals surface area contributed by atoms with Crippen molar-refractivity contribution >= 4 is 44.8 Å². The Bertz CT molecular complexity index is 968. The quantitative estimate of drug-likeness (QED) is 0.693. The molecule has 9 heteroatoms. The van der Waals surface area contributed by atoms with Crippen LogP contribution in [0.1, 0.15) is 15.9 Å². The van der Waals surface area contributed by atoms with E-state index in [0.717, 1.165) is 19.3 Å². The molecular formula is C20H23Cl2N3O3S. The average Bonchev–Trinajstić information content (AvgIpc) is 2.67. The first-order valence-electron chi connectivity index (χ1n) is 9.15. The Morgan fingerprint density at radius 2 is 1.55 bits per heavy atom. The fourth-order valence-corrected chi connectivity index (χ4v) is 4.57. The summed E-state index contributed by atoms with van der Waals surface area (Å²) in [6.45, 7) is 3.03. The SMILES string of the molecule is CN1CCN(C(=O)c2ccc(N(Cc3c(Cl)cccc3Cl)S(C)(=O)=O)cc2)CC1. The summed E-state index contributed by atoms with van der Waals surface area (Å²) in [5.74, 6) is -0.0512. The van der Waals surface area contributed by atoms with Gasteiger partial charge in [-0.3, -0.25) is 9.10 Å². The second kappa shape index (κ2) is 8.92. The number of anilines is 1. The van der Waals surface area contributed by atoms with Crippen molar-refractivity contribution in [1.82, 2.24) is 9.80 Å². The van der Waals surface area contributed by atoms with Gasteiger partial charge < -0.3 is 9.80 Å². The first kappa shape index (κ1) is 21.9. The van der Waals surface area contributed by atoms with Crippen LogP contribution in [-0.4, -0.2) is 63.6 Å². The minimum absolute atomic E-state index is 0.00307. The first-order valence-corrected chi connectivity index (χ1v) is 11.8. The molecule has 0 unspecified atom stereocenters. The van der Waals surface area contributed by atoms with Crippen LogP contribution in [0.2, 0.25) is 10.0 Å². The number of carbonyl (C=O) groups excluding carboxylic acids is 1. The number of sulfonamides is 1. The second-order valence-electron chi connectivity index (χ2n) is 7.11. The van der Waals surface area contributed by atoms with Gasteiger partial charge in [-0.1, -0.05) is 29.3 Å². The molecule has 156 valence electrons. The van der Waals surface area contributed by atoms with Crippen molar-refractivity contribution in [3.8, 4) is 0 Å². The summed E-state index contributed by atoms with van der Waals surface area (Å²) in [5.41, 5.74) is 1.50. The van der Waals surface area contributed by atoms with Gasteiger partial charge in [0.15, 0.2) is 0 Å². The van der Waals surface area contributed by atoms with Gasteiger partial charge in [-0.2, -0.15) is 0 Å². The van der Waals surface area contributed by atoms with Gasteiger partial charge in [-0.05, 0) is 43.4 Å². The molecule has 6 nitrogen and oxygen atoms in total. The van der Waals surface area contributed by atoms with E-state index < -0.39 is 10.0 Å². The van der Waals surface area contributed by atoms with Crippen molar-refractivity contribution in [2.75, 3.05) is 43.8 Å². The largest absolute Gasteiger partial charge is 0.336 e. The Morgan fingerprint density at radius 1 is 1.00 bits per heavy atom. The molecule has 1 aliphatic rings. The van der Waals surface area contributed by atoms with Crippen LogP contribution in [0.25, 0.3) is 0 Å². The molecule has 0 radical (unpaired) electrons. The van der Waals surface area contributed by atoms with E-state index in [-0.39, 0.29) is 12.5 Å². The van der Waals surface area contributed by atoms with Gasteiger partial charge in [0.2, 0.25) is 10.0 Å². The molecule has 0 aromatic heterocycles. The topological polar surface area (TPSA) is 60.9 Å². The van der Waals surface area contributed by atoms with E-state index in [1.54, 1.807) is 42.5 Å². The number of hydrogen-bond acceptors (Lipinski definition) is 4. The summed E-state index contributed by atoms with van der Waals surface area (Å²) in [6, 6.07) is 11.6. The fraction of sp³-hybridized carbons (Fsp3) is 0.350. The van der Waals surface area contributed by atoms with Crippen LogP contribution < -0.4 is 4.31 Å². The lowest BCUT2D eigenvalue weighted by Gasteiger charge is -2.32. The van der Waals surface area contributed by atoms with Gasteiger partial charge in [-0.15, -0.1) is 0 Å². The van der Waals surface area contributed by atoms with E-state index >= 15 is 0 Å². The standard InChI is InChI=1S/C20H23Cl2N3O3S/c1-23-10-12-24(13-11-23)20(26)15-6-8-16(9-7-15)25(29(2,27)28)14-17-18(21)4-3-5-19(17)22/h3-9H,10-14H2,1-2H3. The maximum absolute atomic E-state index is 12.7. The lowest BCUT2D eigenvalue weighted by molar-refractivity contribution is 0.0664. The summed E-state index contributed by atoms with van der Waals surface area (Å²) in [5, 5.41) is 0.793. The van der Waals surface area contributed by atoms with Crippen LogP contribution in [0.4, 0.5) is 5.69 Å². The van der Waals surface area contributed by atoms with Crippen LogP contribution in [0.5, 0.6) is 0 Å². The van der Waals surface area contributed by atoms with E-state index in [1.807, 2.05) is 11.9 Å². The first-order chi connectivity index (χ1) is 13.7. The number of nitrogens with zero attached hydrogens (tertiary/aromatic N) is 3. The molecule has 1 fully saturated rings. The highest BCUT2D eigenvalue weighted by atomic mass is 35.5. The van der Waals surface area contributed by atoms with Gasteiger partial charge in [0, 0.05) is 47.4 Å². The Kier molecular flexibility index (Phi) is 6.73. The zero-order valence-corrected chi connectivity index (χ0v) is 18.6. The Hall–Kier alpha value is -1.80. The Balaban J connectivity index is 1.84. The maximum atomic E-state index is 12.7. The number of likely N-dealkylation sites (N-methyl/N-ethyl adjacent to an activating group) is 1. The number of hydrogen-bond donors (Lipinski definition) is 0. The van der Waals surface area contributed by atoms with Crippen molar-refractivity contribution in [1.29, 1.82) is 0 Å². The molecule has 1 amide bonds. The number of halogens is 2. The molecule has 1 aliphatic heterocycles. The fourth-order valence-electron chi connectivity index (χ4n) is 3.19. The van der Waals surface area contributed by atoms with Crippen molar-refractivity contribution < 1.29 is 13.2 Å². The summed E-state index contributed by atoms with van der Waals surface area (Å²) in [7, 11) is -1.56. The number of carbonyl (C=O) groups is 1. The highest BCUT2D eigenvalue weighted by Gasteiger charge is 2.23. The number of piperazine rings is 1. The molecule has 1 saturated heterocycles. The third kappa shape index (κ3) is 5.22. The third-order valence-electron chi connectivity index (χ3n) is 4.96. The minimum atomic E-state index is -3.59. The van der Waals surface area contributed by atoms with Crippen LogP contribution >= 0.6 is 23.2 Å². The van der Waals surface area contributed by atoms with Gasteiger partial charge in [0.05, 0.1) is 18.5 Å². The summed E-state index contributed by atoms with van der Waals surface area (Å²) >= 11 is 12.4. The van der Waals surface area contributed by atoms with Crippen LogP contribution in [0.3, 0.4) is 0 Å². The molecule has 1 heterocycles. The van der Waals surface area contributed by atoms with Crippen molar-refractivity contribution in [3.05, 3.63) is 63.6 Å². The monoisotopic (exact) mass is 455 g/mol. The number of rotatable bonds is 5. The maximum Gasteiger partial charge on any atom is 0.253 e. The molecule has 0 bridgehead atoms. The Morgan fingerprint density at radius 3 is 2.07 bits per heavy atom. The van der Waals surface area contributed by atoms with Gasteiger partial charge in [0.1, 0.15) is 0 Å². The van der Waals surface area contributed by atoms with E-state index in [9.17, 15) is 13.2 Å². The lowest BCUT2D eigenvalue weighted by atomic mass is 10.1. The van der Waals surface area contributed by atoms with Gasteiger partial charge in [0.25, 0.3) is 5.91 Å². The van der Waals surface area contributed by atoms with E-state index in [4.69, 9.17) is 23.2 Å². The van der Waals surface area contributed by atoms with E-state index in [2.05, 4.69) is 4.90 Å². The van der Waals surface area contributed by atoms with E-state index in [1.165, 1.54) is 4.31 Å². The van der Waals surface area contributed by atoms with E-state index in [0.29, 0.717) is 39.9 Å². The van der Waals surface area contributed by atoms with Gasteiger partial charge >= 0.3 is 0 Å². The smallest absolute Gasteiger partial charge is 0.253 e. The van der Waals surface area contributed by atoms with Crippen molar-refractivity contribution in [2.45, 2.75) is 6.54 Å². The van der Waals surface area contributed by atoms with Crippen LogP contribution in [0.15, 0.2) is 42.5 Å². The van der Waals surface area contributed by atoms with Crippen molar-refractivity contribution in [3.63, 3.8) is 0 Å². The molecule has 2 aromatic carbocycles. The molecule has 29 heavy (non-hydrogen) atoms. The Labute approximate surface area is 181 Å². The lowest BCUT2D eigenvalue weighted by Crippen LogP contribution is -2.47.